The number of nitrogens with one attached hydrogen (secondary N) is 2. The molecule has 2 aromatic rings. The van der Waals surface area contributed by atoms with E-state index < -0.39 is 10.0 Å². The standard InChI is InChI=1S/C25H36N4O3S/c1-25(2,3)22-9-11-23(12-10-22)33(31,32)27-19-20-5-7-21(8-6-20)24(30)26-13-14-29-17-15-28(4)16-18-29/h5-12,27H,13-19H2,1-4H3,(H,26,30). The molecule has 3 rings (SSSR count). The quantitative estimate of drug-likeness (QED) is 0.617. The van der Waals surface area contributed by atoms with Gasteiger partial charge in [-0.1, -0.05) is 45.0 Å². The number of hydrogen-bond donors (Lipinski definition) is 2. The van der Waals surface area contributed by atoms with E-state index in [1.165, 1.54) is 0 Å². The Kier molecular flexibility index (Phi) is 8.28. The zero-order valence-electron chi connectivity index (χ0n) is 20.1. The number of nitrogens with zero attached hydrogens (tertiary/aromatic N) is 2. The number of rotatable bonds is 8. The van der Waals surface area contributed by atoms with Crippen LogP contribution in [-0.2, 0) is 22.0 Å². The smallest absolute Gasteiger partial charge is 0.251 e. The van der Waals surface area contributed by atoms with Gasteiger partial charge in [0, 0.05) is 51.4 Å². The summed E-state index contributed by atoms with van der Waals surface area (Å²) in [5.74, 6) is -0.116. The molecular formula is C25H36N4O3S. The number of likely N-dealkylation sites (N-methyl/N-ethyl adjacent to an activating group) is 1. The molecule has 0 atom stereocenters. The third-order valence-electron chi connectivity index (χ3n) is 6.02. The number of hydrogen-bond acceptors (Lipinski definition) is 5. The molecule has 1 aliphatic heterocycles. The average Bonchev–Trinajstić information content (AvgIpc) is 2.79. The molecule has 0 bridgehead atoms. The second-order valence-corrected chi connectivity index (χ2v) is 11.5. The average molecular weight is 473 g/mol. The summed E-state index contributed by atoms with van der Waals surface area (Å²) in [5.41, 5.74) is 2.41. The van der Waals surface area contributed by atoms with Crippen LogP contribution in [0.4, 0.5) is 0 Å². The number of piperazine rings is 1. The maximum atomic E-state index is 12.6. The highest BCUT2D eigenvalue weighted by molar-refractivity contribution is 7.89. The lowest BCUT2D eigenvalue weighted by molar-refractivity contribution is 0.0941. The Labute approximate surface area is 198 Å². The second kappa shape index (κ2) is 10.8. The number of carbonyl (C=O) groups is 1. The van der Waals surface area contributed by atoms with Crippen LogP contribution in [0.1, 0.15) is 42.3 Å². The normalized spacial score (nSPS) is 16.0. The summed E-state index contributed by atoms with van der Waals surface area (Å²) < 4.78 is 27.9. The van der Waals surface area contributed by atoms with E-state index in [0.717, 1.165) is 43.9 Å². The van der Waals surface area contributed by atoms with Crippen molar-refractivity contribution in [3.63, 3.8) is 0 Å². The Bertz CT molecular complexity index is 1020. The molecular weight excluding hydrogens is 436 g/mol. The van der Waals surface area contributed by atoms with Crippen molar-refractivity contribution in [2.24, 2.45) is 0 Å². The van der Waals surface area contributed by atoms with Crippen LogP contribution in [0.3, 0.4) is 0 Å². The monoisotopic (exact) mass is 472 g/mol. The Morgan fingerprint density at radius 1 is 0.939 bits per heavy atom. The van der Waals surface area contributed by atoms with E-state index in [2.05, 4.69) is 47.7 Å². The van der Waals surface area contributed by atoms with Crippen molar-refractivity contribution in [2.45, 2.75) is 37.6 Å². The van der Waals surface area contributed by atoms with Gasteiger partial charge in [0.1, 0.15) is 0 Å². The molecule has 1 heterocycles. The minimum Gasteiger partial charge on any atom is -0.351 e. The summed E-state index contributed by atoms with van der Waals surface area (Å²) in [7, 11) is -1.49. The Morgan fingerprint density at radius 2 is 1.55 bits per heavy atom. The Morgan fingerprint density at radius 3 is 2.12 bits per heavy atom. The molecule has 1 aliphatic rings. The second-order valence-electron chi connectivity index (χ2n) is 9.70. The maximum absolute atomic E-state index is 12.6. The minimum absolute atomic E-state index is 0.0334. The lowest BCUT2D eigenvalue weighted by Crippen LogP contribution is -2.46. The van der Waals surface area contributed by atoms with Gasteiger partial charge in [-0.2, -0.15) is 0 Å². The van der Waals surface area contributed by atoms with Crippen molar-refractivity contribution in [1.29, 1.82) is 0 Å². The van der Waals surface area contributed by atoms with E-state index in [0.29, 0.717) is 12.1 Å². The highest BCUT2D eigenvalue weighted by atomic mass is 32.2. The van der Waals surface area contributed by atoms with Crippen LogP contribution in [0.2, 0.25) is 0 Å². The SMILES string of the molecule is CN1CCN(CCNC(=O)c2ccc(CNS(=O)(=O)c3ccc(C(C)(C)C)cc3)cc2)CC1. The van der Waals surface area contributed by atoms with Crippen LogP contribution in [0, 0.1) is 0 Å². The van der Waals surface area contributed by atoms with E-state index in [1.54, 1.807) is 36.4 Å². The molecule has 0 saturated carbocycles. The topological polar surface area (TPSA) is 81.8 Å². The highest BCUT2D eigenvalue weighted by Crippen LogP contribution is 2.23. The number of amides is 1. The van der Waals surface area contributed by atoms with Gasteiger partial charge in [0.05, 0.1) is 4.90 Å². The summed E-state index contributed by atoms with van der Waals surface area (Å²) in [6.45, 7) is 12.0. The minimum atomic E-state index is -3.61. The fraction of sp³-hybridized carbons (Fsp3) is 0.480. The van der Waals surface area contributed by atoms with Crippen molar-refractivity contribution in [1.82, 2.24) is 19.8 Å². The first kappa shape index (κ1) is 25.4. The molecule has 0 unspecified atom stereocenters. The van der Waals surface area contributed by atoms with Gasteiger partial charge in [0.2, 0.25) is 10.0 Å². The summed E-state index contributed by atoms with van der Waals surface area (Å²) >= 11 is 0. The molecule has 1 fully saturated rings. The molecule has 1 saturated heterocycles. The van der Waals surface area contributed by atoms with Crippen LogP contribution < -0.4 is 10.0 Å². The lowest BCUT2D eigenvalue weighted by Gasteiger charge is -2.32. The molecule has 2 aromatic carbocycles. The van der Waals surface area contributed by atoms with E-state index in [4.69, 9.17) is 0 Å². The number of sulfonamides is 1. The number of carbonyl (C=O) groups excluding carboxylic acids is 1. The maximum Gasteiger partial charge on any atom is 0.251 e. The molecule has 1 amide bonds. The Balaban J connectivity index is 1.48. The first-order valence-electron chi connectivity index (χ1n) is 11.4. The first-order chi connectivity index (χ1) is 15.5. The van der Waals surface area contributed by atoms with Gasteiger partial charge < -0.3 is 10.2 Å². The number of benzene rings is 2. The highest BCUT2D eigenvalue weighted by Gasteiger charge is 2.18. The van der Waals surface area contributed by atoms with Crippen molar-refractivity contribution in [3.05, 3.63) is 65.2 Å². The van der Waals surface area contributed by atoms with Crippen LogP contribution in [0.15, 0.2) is 53.4 Å². The van der Waals surface area contributed by atoms with Crippen LogP contribution in [-0.4, -0.2) is 70.4 Å². The van der Waals surface area contributed by atoms with Crippen molar-refractivity contribution in [2.75, 3.05) is 46.3 Å². The zero-order valence-corrected chi connectivity index (χ0v) is 20.9. The predicted octanol–water partition coefficient (Wildman–Crippen LogP) is 2.44. The first-order valence-corrected chi connectivity index (χ1v) is 12.9. The van der Waals surface area contributed by atoms with E-state index in [9.17, 15) is 13.2 Å². The molecule has 0 aliphatic carbocycles. The van der Waals surface area contributed by atoms with Crippen molar-refractivity contribution < 1.29 is 13.2 Å². The Hall–Kier alpha value is -2.26. The molecule has 2 N–H and O–H groups in total. The molecule has 0 aromatic heterocycles. The zero-order chi connectivity index (χ0) is 24.1. The summed E-state index contributed by atoms with van der Waals surface area (Å²) in [4.78, 5) is 17.3. The van der Waals surface area contributed by atoms with E-state index in [-0.39, 0.29) is 22.8 Å². The van der Waals surface area contributed by atoms with Gasteiger partial charge in [-0.25, -0.2) is 13.1 Å². The largest absolute Gasteiger partial charge is 0.351 e. The summed E-state index contributed by atoms with van der Waals surface area (Å²) in [5, 5.41) is 2.96. The van der Waals surface area contributed by atoms with Crippen LogP contribution >= 0.6 is 0 Å². The van der Waals surface area contributed by atoms with Crippen LogP contribution in [0.25, 0.3) is 0 Å². The molecule has 0 radical (unpaired) electrons. The predicted molar refractivity (Wildman–Crippen MR) is 132 cm³/mol. The third-order valence-corrected chi connectivity index (χ3v) is 7.44. The molecule has 33 heavy (non-hydrogen) atoms. The van der Waals surface area contributed by atoms with Gasteiger partial charge >= 0.3 is 0 Å². The van der Waals surface area contributed by atoms with Crippen molar-refractivity contribution in [3.8, 4) is 0 Å². The third kappa shape index (κ3) is 7.37. The summed E-state index contributed by atoms with van der Waals surface area (Å²) in [6, 6.07) is 14.0. The van der Waals surface area contributed by atoms with Gasteiger partial charge in [-0.15, -0.1) is 0 Å². The molecule has 0 spiro atoms. The summed E-state index contributed by atoms with van der Waals surface area (Å²) in [6.07, 6.45) is 0. The van der Waals surface area contributed by atoms with Gasteiger partial charge in [-0.05, 0) is 47.9 Å². The van der Waals surface area contributed by atoms with Crippen LogP contribution in [0.5, 0.6) is 0 Å². The lowest BCUT2D eigenvalue weighted by atomic mass is 9.87. The molecule has 7 nitrogen and oxygen atoms in total. The van der Waals surface area contributed by atoms with Gasteiger partial charge in [0.15, 0.2) is 0 Å². The molecule has 8 heteroatoms. The fourth-order valence-electron chi connectivity index (χ4n) is 3.67. The van der Waals surface area contributed by atoms with Gasteiger partial charge in [-0.3, -0.25) is 9.69 Å². The molecule has 180 valence electrons. The van der Waals surface area contributed by atoms with E-state index >= 15 is 0 Å². The fourth-order valence-corrected chi connectivity index (χ4v) is 4.69. The van der Waals surface area contributed by atoms with E-state index in [1.807, 2.05) is 12.1 Å². The van der Waals surface area contributed by atoms with Crippen molar-refractivity contribution >= 4 is 15.9 Å². The van der Waals surface area contributed by atoms with Gasteiger partial charge in [0.25, 0.3) is 5.91 Å².